The number of hydrogen-bond acceptors (Lipinski definition) is 3. The second-order valence-corrected chi connectivity index (χ2v) is 7.89. The van der Waals surface area contributed by atoms with Crippen LogP contribution < -0.4 is 5.32 Å². The van der Waals surface area contributed by atoms with Crippen molar-refractivity contribution in [1.29, 1.82) is 0 Å². The van der Waals surface area contributed by atoms with Crippen molar-refractivity contribution in [2.24, 2.45) is 5.92 Å². The predicted molar refractivity (Wildman–Crippen MR) is 108 cm³/mol. The van der Waals surface area contributed by atoms with E-state index in [0.29, 0.717) is 26.1 Å². The van der Waals surface area contributed by atoms with Gasteiger partial charge in [0.2, 0.25) is 17.7 Å². The summed E-state index contributed by atoms with van der Waals surface area (Å²) >= 11 is 0. The van der Waals surface area contributed by atoms with Gasteiger partial charge in [0, 0.05) is 44.2 Å². The van der Waals surface area contributed by atoms with Gasteiger partial charge in [-0.2, -0.15) is 0 Å². The first-order valence-electron chi connectivity index (χ1n) is 10.1. The van der Waals surface area contributed by atoms with Gasteiger partial charge in [-0.3, -0.25) is 14.4 Å². The first-order chi connectivity index (χ1) is 13.4. The number of hydrogen-bond donors (Lipinski definition) is 1. The Morgan fingerprint density at radius 2 is 1.82 bits per heavy atom. The molecule has 1 atom stereocenters. The van der Waals surface area contributed by atoms with Gasteiger partial charge >= 0.3 is 0 Å². The second kappa shape index (κ2) is 9.04. The fourth-order valence-electron chi connectivity index (χ4n) is 3.88. The molecule has 1 unspecified atom stereocenters. The summed E-state index contributed by atoms with van der Waals surface area (Å²) in [7, 11) is 0. The molecule has 2 saturated heterocycles. The van der Waals surface area contributed by atoms with Crippen LogP contribution in [0, 0.1) is 5.92 Å². The fraction of sp³-hybridized carbons (Fsp3) is 0.500. The molecule has 3 rings (SSSR count). The van der Waals surface area contributed by atoms with Crippen molar-refractivity contribution in [3.8, 4) is 0 Å². The summed E-state index contributed by atoms with van der Waals surface area (Å²) in [6.07, 6.45) is 5.15. The van der Waals surface area contributed by atoms with Crippen LogP contribution in [0.5, 0.6) is 0 Å². The van der Waals surface area contributed by atoms with E-state index in [1.807, 2.05) is 49.1 Å². The lowest BCUT2D eigenvalue weighted by Gasteiger charge is -2.33. The Bertz CT molecular complexity index is 737. The lowest BCUT2D eigenvalue weighted by molar-refractivity contribution is -0.137. The molecule has 1 aromatic rings. The minimum Gasteiger partial charge on any atom is -0.350 e. The topological polar surface area (TPSA) is 69.7 Å². The first-order valence-corrected chi connectivity index (χ1v) is 10.1. The first kappa shape index (κ1) is 20.1. The van der Waals surface area contributed by atoms with Gasteiger partial charge in [0.15, 0.2) is 0 Å². The van der Waals surface area contributed by atoms with Gasteiger partial charge in [-0.25, -0.2) is 0 Å². The van der Waals surface area contributed by atoms with Crippen LogP contribution in [0.3, 0.4) is 0 Å². The van der Waals surface area contributed by atoms with Gasteiger partial charge in [0.05, 0.1) is 5.92 Å². The molecule has 28 heavy (non-hydrogen) atoms. The SMILES string of the molecule is CC(C)N1CC(C(=O)N2CCC(NC(=O)/C=C/c3ccccc3)CC2)CC1=O. The number of carbonyl (C=O) groups is 3. The zero-order valence-corrected chi connectivity index (χ0v) is 16.6. The number of benzene rings is 1. The van der Waals surface area contributed by atoms with Crippen molar-refractivity contribution in [3.63, 3.8) is 0 Å². The van der Waals surface area contributed by atoms with Gasteiger partial charge < -0.3 is 15.1 Å². The van der Waals surface area contributed by atoms with Gasteiger partial charge in [-0.05, 0) is 38.3 Å². The zero-order chi connectivity index (χ0) is 20.1. The molecule has 3 amide bonds. The highest BCUT2D eigenvalue weighted by Crippen LogP contribution is 2.23. The molecule has 2 fully saturated rings. The molecule has 2 heterocycles. The van der Waals surface area contributed by atoms with E-state index in [9.17, 15) is 14.4 Å². The van der Waals surface area contributed by atoms with Gasteiger partial charge in [0.25, 0.3) is 0 Å². The molecule has 150 valence electrons. The molecular formula is C22H29N3O3. The smallest absolute Gasteiger partial charge is 0.244 e. The molecule has 6 nitrogen and oxygen atoms in total. The summed E-state index contributed by atoms with van der Waals surface area (Å²) in [5.74, 6) is -0.191. The molecule has 0 radical (unpaired) electrons. The Morgan fingerprint density at radius 1 is 1.14 bits per heavy atom. The fourth-order valence-corrected chi connectivity index (χ4v) is 3.88. The van der Waals surface area contributed by atoms with E-state index >= 15 is 0 Å². The molecule has 1 N–H and O–H groups in total. The molecule has 0 bridgehead atoms. The van der Waals surface area contributed by atoms with E-state index < -0.39 is 0 Å². The van der Waals surface area contributed by atoms with Crippen molar-refractivity contribution in [2.75, 3.05) is 19.6 Å². The quantitative estimate of drug-likeness (QED) is 0.792. The minimum atomic E-state index is -0.227. The normalized spacial score (nSPS) is 21.0. The third-order valence-corrected chi connectivity index (χ3v) is 5.51. The maximum Gasteiger partial charge on any atom is 0.244 e. The summed E-state index contributed by atoms with van der Waals surface area (Å²) in [5.41, 5.74) is 0.986. The standard InChI is InChI=1S/C22H29N3O3/c1-16(2)25-15-18(14-21(25)27)22(28)24-12-10-19(11-13-24)23-20(26)9-8-17-6-4-3-5-7-17/h3-9,16,18-19H,10-15H2,1-2H3,(H,23,26)/b9-8+. The summed E-state index contributed by atoms with van der Waals surface area (Å²) in [5, 5.41) is 3.02. The Balaban J connectivity index is 1.44. The molecule has 2 aliphatic heterocycles. The number of likely N-dealkylation sites (tertiary alicyclic amines) is 2. The van der Waals surface area contributed by atoms with E-state index in [1.165, 1.54) is 0 Å². The monoisotopic (exact) mass is 383 g/mol. The van der Waals surface area contributed by atoms with Crippen LogP contribution in [0.4, 0.5) is 0 Å². The van der Waals surface area contributed by atoms with Gasteiger partial charge in [0.1, 0.15) is 0 Å². The van der Waals surface area contributed by atoms with E-state index in [0.717, 1.165) is 18.4 Å². The van der Waals surface area contributed by atoms with Crippen molar-refractivity contribution in [3.05, 3.63) is 42.0 Å². The average Bonchev–Trinajstić information content (AvgIpc) is 3.09. The summed E-state index contributed by atoms with van der Waals surface area (Å²) in [4.78, 5) is 40.6. The number of amides is 3. The van der Waals surface area contributed by atoms with E-state index in [4.69, 9.17) is 0 Å². The van der Waals surface area contributed by atoms with Crippen molar-refractivity contribution in [1.82, 2.24) is 15.1 Å². The molecular weight excluding hydrogens is 354 g/mol. The Hall–Kier alpha value is -2.63. The van der Waals surface area contributed by atoms with Crippen molar-refractivity contribution < 1.29 is 14.4 Å². The maximum absolute atomic E-state index is 12.8. The second-order valence-electron chi connectivity index (χ2n) is 7.89. The number of carbonyl (C=O) groups excluding carboxylic acids is 3. The van der Waals surface area contributed by atoms with Crippen LogP contribution in [0.25, 0.3) is 6.08 Å². The molecule has 0 aliphatic carbocycles. The highest BCUT2D eigenvalue weighted by Gasteiger charge is 2.38. The van der Waals surface area contributed by atoms with Crippen LogP contribution >= 0.6 is 0 Å². The van der Waals surface area contributed by atoms with Crippen LogP contribution in [-0.2, 0) is 14.4 Å². The van der Waals surface area contributed by atoms with Crippen LogP contribution in [0.2, 0.25) is 0 Å². The number of nitrogens with zero attached hydrogens (tertiary/aromatic N) is 2. The molecule has 0 aromatic heterocycles. The molecule has 6 heteroatoms. The summed E-state index contributed by atoms with van der Waals surface area (Å²) in [6.45, 7) is 5.73. The van der Waals surface area contributed by atoms with E-state index in [1.54, 1.807) is 17.1 Å². The molecule has 0 saturated carbocycles. The number of nitrogens with one attached hydrogen (secondary N) is 1. The van der Waals surface area contributed by atoms with Gasteiger partial charge in [-0.15, -0.1) is 0 Å². The molecule has 1 aromatic carbocycles. The van der Waals surface area contributed by atoms with Crippen LogP contribution in [-0.4, -0.2) is 59.2 Å². The van der Waals surface area contributed by atoms with E-state index in [2.05, 4.69) is 5.32 Å². The van der Waals surface area contributed by atoms with Crippen LogP contribution in [0.1, 0.15) is 38.7 Å². The number of piperidine rings is 1. The largest absolute Gasteiger partial charge is 0.350 e. The summed E-state index contributed by atoms with van der Waals surface area (Å²) in [6, 6.07) is 9.91. The van der Waals surface area contributed by atoms with Crippen molar-refractivity contribution in [2.45, 2.75) is 45.2 Å². The van der Waals surface area contributed by atoms with Gasteiger partial charge in [-0.1, -0.05) is 30.3 Å². The molecule has 2 aliphatic rings. The average molecular weight is 383 g/mol. The maximum atomic E-state index is 12.8. The van der Waals surface area contributed by atoms with Crippen molar-refractivity contribution >= 4 is 23.8 Å². The third-order valence-electron chi connectivity index (χ3n) is 5.51. The highest BCUT2D eigenvalue weighted by atomic mass is 16.2. The van der Waals surface area contributed by atoms with Crippen LogP contribution in [0.15, 0.2) is 36.4 Å². The lowest BCUT2D eigenvalue weighted by atomic mass is 10.0. The number of rotatable bonds is 5. The zero-order valence-electron chi connectivity index (χ0n) is 16.6. The highest BCUT2D eigenvalue weighted by molar-refractivity contribution is 5.92. The molecule has 0 spiro atoms. The lowest BCUT2D eigenvalue weighted by Crippen LogP contribution is -2.48. The predicted octanol–water partition coefficient (Wildman–Crippen LogP) is 2.06. The van der Waals surface area contributed by atoms with E-state index in [-0.39, 0.29) is 35.7 Å². The minimum absolute atomic E-state index is 0.0701. The Kier molecular flexibility index (Phi) is 6.49. The third kappa shape index (κ3) is 5.00. The Labute approximate surface area is 166 Å². The summed E-state index contributed by atoms with van der Waals surface area (Å²) < 4.78 is 0. The Morgan fingerprint density at radius 3 is 2.43 bits per heavy atom.